The second-order valence-electron chi connectivity index (χ2n) is 13.2. The molecule has 5 heterocycles. The third-order valence-corrected chi connectivity index (χ3v) is 12.2. The van der Waals surface area contributed by atoms with Crippen LogP contribution in [-0.2, 0) is 18.4 Å². The van der Waals surface area contributed by atoms with E-state index in [1.807, 2.05) is 23.7 Å². The third kappa shape index (κ3) is 11.1. The van der Waals surface area contributed by atoms with E-state index in [0.717, 1.165) is 84.5 Å². The zero-order chi connectivity index (χ0) is 40.3. The largest absolute Gasteiger partial charge is 1.00 e. The predicted molar refractivity (Wildman–Crippen MR) is 223 cm³/mol. The van der Waals surface area contributed by atoms with Gasteiger partial charge in [-0.1, -0.05) is 23.9 Å². The number of aryl methyl sites for hydroxylation is 2. The van der Waals surface area contributed by atoms with Crippen molar-refractivity contribution in [1.29, 1.82) is 0 Å². The molecule has 0 amide bonds. The first-order valence-electron chi connectivity index (χ1n) is 18.3. The molecule has 0 bridgehead atoms. The zero-order valence-corrected chi connectivity index (χ0v) is 34.3. The molecule has 0 fully saturated rings. The maximum absolute atomic E-state index is 13.1. The molecule has 1 N–H and O–H groups in total. The third-order valence-electron chi connectivity index (χ3n) is 9.40. The average molecular weight is 838 g/mol. The summed E-state index contributed by atoms with van der Waals surface area (Å²) in [6.07, 6.45) is 17.4. The molecule has 8 aromatic rings. The van der Waals surface area contributed by atoms with E-state index in [2.05, 4.69) is 30.3 Å². The Labute approximate surface area is 364 Å². The number of nitrogens with zero attached hydrogens (tertiary/aromatic N) is 5. The molecule has 0 spiro atoms. The maximum Gasteiger partial charge on any atom is 1.00 e. The fourth-order valence-electron chi connectivity index (χ4n) is 6.50. The van der Waals surface area contributed by atoms with Crippen molar-refractivity contribution in [2.24, 2.45) is 0 Å². The van der Waals surface area contributed by atoms with Crippen LogP contribution in [0.15, 0.2) is 134 Å². The molecule has 5 aromatic heterocycles. The summed E-state index contributed by atoms with van der Waals surface area (Å²) in [7, 11) is 0. The van der Waals surface area contributed by atoms with Crippen molar-refractivity contribution < 1.29 is 41.9 Å². The van der Waals surface area contributed by atoms with Crippen molar-refractivity contribution in [3.05, 3.63) is 184 Å². The Bertz CT molecular complexity index is 2460. The summed E-state index contributed by atoms with van der Waals surface area (Å²) in [4.78, 5) is 32.8. The molecule has 14 heteroatoms. The number of fused-ring (bicyclic) bond motifs is 2. The van der Waals surface area contributed by atoms with Crippen LogP contribution in [-0.4, -0.2) is 35.8 Å². The first-order chi connectivity index (χ1) is 28.3. The second-order valence-corrected chi connectivity index (χ2v) is 16.0. The number of aromatic nitrogens is 5. The van der Waals surface area contributed by atoms with E-state index < -0.39 is 5.60 Å². The summed E-state index contributed by atoms with van der Waals surface area (Å²) >= 11 is 4.43. The molecule has 2 aliphatic rings. The van der Waals surface area contributed by atoms with Crippen LogP contribution in [0.25, 0.3) is 31.7 Å². The van der Waals surface area contributed by atoms with Crippen LogP contribution in [0.1, 0.15) is 57.6 Å². The van der Waals surface area contributed by atoms with E-state index in [-0.39, 0.29) is 42.1 Å². The molecule has 2 aliphatic carbocycles. The zero-order valence-electron chi connectivity index (χ0n) is 31.9. The van der Waals surface area contributed by atoms with Gasteiger partial charge in [-0.05, 0) is 127 Å². The van der Waals surface area contributed by atoms with Gasteiger partial charge in [-0.25, -0.2) is 23.1 Å². The first-order valence-corrected chi connectivity index (χ1v) is 20.9. The summed E-state index contributed by atoms with van der Waals surface area (Å²) in [5, 5.41) is 18.6. The Morgan fingerprint density at radius 1 is 0.627 bits per heavy atom. The number of halogens is 3. The molecule has 3 aromatic carbocycles. The van der Waals surface area contributed by atoms with Crippen LogP contribution in [0.3, 0.4) is 0 Å². The number of hydrogen-bond donors (Lipinski definition) is 1. The number of ketones is 1. The Balaban J connectivity index is 0.000000139. The van der Waals surface area contributed by atoms with Gasteiger partial charge in [0.2, 0.25) is 0 Å². The minimum atomic E-state index is -1.01. The standard InChI is InChI=1S/C18H15FN2OS.C9H6FNS.C9H5FNS.C9H9NO.Li/c19-14-5-3-12(4-6-14)17-21-11-16(23-17)18(22)8-1-2-13-10-20-9-7-15(13)18;2*10-8-3-1-7(2-4-8)9-11-5-6-12-9;11-9-3-1-2-7-6-10-5-4-8(7)9;/h3-7,9-11,22H,1-2,8H2;1-6H;1-5H;4-6H,1-3H2;/q;;-1;;+1. The van der Waals surface area contributed by atoms with Gasteiger partial charge < -0.3 is 21.4 Å². The second kappa shape index (κ2) is 20.7. The van der Waals surface area contributed by atoms with Crippen molar-refractivity contribution in [1.82, 2.24) is 24.9 Å². The fourth-order valence-corrected chi connectivity index (χ4v) is 8.77. The van der Waals surface area contributed by atoms with Crippen molar-refractivity contribution in [3.8, 4) is 31.7 Å². The van der Waals surface area contributed by atoms with E-state index in [4.69, 9.17) is 0 Å². The van der Waals surface area contributed by atoms with Gasteiger partial charge in [0, 0.05) is 65.7 Å². The molecule has 10 rings (SSSR count). The molecule has 1 atom stereocenters. The van der Waals surface area contributed by atoms with Crippen LogP contribution < -0.4 is 18.9 Å². The first kappa shape index (κ1) is 43.4. The van der Waals surface area contributed by atoms with Gasteiger partial charge in [0.15, 0.2) is 5.78 Å². The van der Waals surface area contributed by atoms with Crippen LogP contribution in [0.4, 0.5) is 13.2 Å². The van der Waals surface area contributed by atoms with E-state index in [1.165, 1.54) is 59.1 Å². The van der Waals surface area contributed by atoms with Gasteiger partial charge in [0.05, 0.1) is 4.88 Å². The fraction of sp³-hybridized carbons (Fsp3) is 0.156. The van der Waals surface area contributed by atoms with E-state index in [1.54, 1.807) is 84.9 Å². The average Bonchev–Trinajstić information content (AvgIpc) is 4.08. The normalized spacial score (nSPS) is 15.0. The quantitative estimate of drug-likeness (QED) is 0.141. The monoisotopic (exact) mass is 837 g/mol. The predicted octanol–water partition coefficient (Wildman–Crippen LogP) is 8.22. The van der Waals surface area contributed by atoms with E-state index in [0.29, 0.717) is 12.8 Å². The smallest absolute Gasteiger partial charge is 0.379 e. The van der Waals surface area contributed by atoms with Crippen LogP contribution in [0.2, 0.25) is 0 Å². The Kier molecular flexibility index (Phi) is 15.3. The molecule has 292 valence electrons. The summed E-state index contributed by atoms with van der Waals surface area (Å²) in [6, 6.07) is 22.6. The van der Waals surface area contributed by atoms with Gasteiger partial charge >= 0.3 is 18.9 Å². The molecule has 0 saturated heterocycles. The summed E-state index contributed by atoms with van der Waals surface area (Å²) < 4.78 is 38.1. The molecule has 0 radical (unpaired) electrons. The van der Waals surface area contributed by atoms with Gasteiger partial charge in [0.1, 0.15) is 33.1 Å². The van der Waals surface area contributed by atoms with Crippen molar-refractivity contribution in [2.75, 3.05) is 0 Å². The molecule has 0 aliphatic heterocycles. The SMILES string of the molecule is Fc1ccc(-c2nc[c-]s2)cc1.Fc1ccc(-c2nccs2)cc1.O=C1CCCc2cnccc21.OC1(c2cnc(-c3ccc(F)cc3)s2)CCCc2cnccc21.[Li+]. The number of aliphatic hydroxyl groups is 1. The Morgan fingerprint density at radius 3 is 1.81 bits per heavy atom. The van der Waals surface area contributed by atoms with Crippen molar-refractivity contribution >= 4 is 39.8 Å². The molecule has 7 nitrogen and oxygen atoms in total. The van der Waals surface area contributed by atoms with Crippen LogP contribution in [0.5, 0.6) is 0 Å². The van der Waals surface area contributed by atoms with Crippen molar-refractivity contribution in [3.63, 3.8) is 0 Å². The van der Waals surface area contributed by atoms with Crippen LogP contribution in [0, 0.1) is 22.8 Å². The Hall–Kier alpha value is -5.13. The Morgan fingerprint density at radius 2 is 1.22 bits per heavy atom. The number of carbonyl (C=O) groups is 1. The molecule has 1 unspecified atom stereocenters. The summed E-state index contributed by atoms with van der Waals surface area (Å²) in [6.45, 7) is 0. The number of benzene rings is 3. The minimum Gasteiger partial charge on any atom is -0.379 e. The number of hydrogen-bond acceptors (Lipinski definition) is 10. The number of pyridine rings is 2. The van der Waals surface area contributed by atoms with Gasteiger partial charge in [-0.2, -0.15) is 5.38 Å². The summed E-state index contributed by atoms with van der Waals surface area (Å²) in [5.74, 6) is -0.430. The minimum absolute atomic E-state index is 0. The number of rotatable bonds is 4. The number of carbonyl (C=O) groups excluding carboxylic acids is 1. The summed E-state index contributed by atoms with van der Waals surface area (Å²) in [5.41, 5.74) is 5.76. The van der Waals surface area contributed by atoms with Crippen molar-refractivity contribution in [2.45, 2.75) is 44.1 Å². The molecule has 59 heavy (non-hydrogen) atoms. The number of thiazole rings is 3. The molecular formula is C45H35F3LiN5O2S3. The topological polar surface area (TPSA) is 102 Å². The van der Waals surface area contributed by atoms with Gasteiger partial charge in [-0.15, -0.1) is 22.7 Å². The van der Waals surface area contributed by atoms with Gasteiger partial charge in [0.25, 0.3) is 0 Å². The number of Topliss-reactive ketones (excluding diaryl/α,β-unsaturated/α-hetero) is 1. The van der Waals surface area contributed by atoms with Crippen LogP contribution >= 0.6 is 34.0 Å². The molecule has 0 saturated carbocycles. The molecular weight excluding hydrogens is 803 g/mol. The van der Waals surface area contributed by atoms with Gasteiger partial charge in [-0.3, -0.25) is 14.8 Å². The maximum atomic E-state index is 13.1. The van der Waals surface area contributed by atoms with E-state index >= 15 is 0 Å². The van der Waals surface area contributed by atoms with E-state index in [9.17, 15) is 23.1 Å².